The number of amides is 2. The van der Waals surface area contributed by atoms with E-state index in [9.17, 15) is 22.8 Å². The van der Waals surface area contributed by atoms with E-state index in [1.54, 1.807) is 9.80 Å². The van der Waals surface area contributed by atoms with Crippen molar-refractivity contribution in [1.29, 1.82) is 0 Å². The van der Waals surface area contributed by atoms with Crippen LogP contribution >= 0.6 is 0 Å². The van der Waals surface area contributed by atoms with Gasteiger partial charge in [0.05, 0.1) is 12.1 Å². The highest BCUT2D eigenvalue weighted by atomic mass is 19.4. The maximum absolute atomic E-state index is 13.2. The van der Waals surface area contributed by atoms with E-state index in [-0.39, 0.29) is 24.4 Å². The lowest BCUT2D eigenvalue weighted by Crippen LogP contribution is -2.49. The molecule has 2 saturated heterocycles. The van der Waals surface area contributed by atoms with E-state index >= 15 is 0 Å². The van der Waals surface area contributed by atoms with Gasteiger partial charge in [-0.25, -0.2) is 4.79 Å². The monoisotopic (exact) mass is 471 g/mol. The third kappa shape index (κ3) is 7.25. The number of hydrogen-bond acceptors (Lipinski definition) is 5. The second-order valence-electron chi connectivity index (χ2n) is 9.40. The van der Waals surface area contributed by atoms with Crippen LogP contribution in [-0.2, 0) is 22.3 Å². The topological polar surface area (TPSA) is 62.3 Å². The number of carbonyl (C=O) groups is 2. The van der Waals surface area contributed by atoms with Crippen molar-refractivity contribution in [3.8, 4) is 5.75 Å². The van der Waals surface area contributed by atoms with Crippen LogP contribution in [0.15, 0.2) is 18.2 Å². The van der Waals surface area contributed by atoms with Crippen molar-refractivity contribution >= 4 is 12.0 Å². The molecule has 33 heavy (non-hydrogen) atoms. The number of piperazine rings is 1. The lowest BCUT2D eigenvalue weighted by molar-refractivity contribution is -0.137. The smallest absolute Gasteiger partial charge is 0.416 e. The van der Waals surface area contributed by atoms with Gasteiger partial charge in [-0.15, -0.1) is 0 Å². The molecule has 2 aliphatic rings. The summed E-state index contributed by atoms with van der Waals surface area (Å²) in [5.41, 5.74) is -0.699. The highest BCUT2D eigenvalue weighted by Gasteiger charge is 2.32. The predicted molar refractivity (Wildman–Crippen MR) is 116 cm³/mol. The first kappa shape index (κ1) is 25.1. The third-order valence-corrected chi connectivity index (χ3v) is 5.60. The molecule has 0 N–H and O–H groups in total. The molecule has 184 valence electrons. The van der Waals surface area contributed by atoms with Gasteiger partial charge in [0.15, 0.2) is 0 Å². The van der Waals surface area contributed by atoms with Gasteiger partial charge in [-0.05, 0) is 39.3 Å². The van der Waals surface area contributed by atoms with E-state index in [4.69, 9.17) is 9.47 Å². The molecule has 2 fully saturated rings. The van der Waals surface area contributed by atoms with Crippen LogP contribution < -0.4 is 4.74 Å². The summed E-state index contributed by atoms with van der Waals surface area (Å²) in [6, 6.07) is 3.53. The standard InChI is InChI=1S/C23H32F3N3O4/c1-22(2,3)33-21(31)29-11-9-27(10-12-29)16-17-6-7-18(23(24,25)26)15-19(17)32-14-13-28-8-4-5-20(28)30/h6-7,15H,4-5,8-14,16H2,1-3H3. The van der Waals surface area contributed by atoms with Crippen molar-refractivity contribution in [2.24, 2.45) is 0 Å². The molecule has 0 radical (unpaired) electrons. The van der Waals surface area contributed by atoms with Crippen LogP contribution in [0.2, 0.25) is 0 Å². The van der Waals surface area contributed by atoms with Gasteiger partial charge in [-0.3, -0.25) is 9.69 Å². The van der Waals surface area contributed by atoms with Crippen LogP contribution in [-0.4, -0.2) is 78.2 Å². The largest absolute Gasteiger partial charge is 0.491 e. The molecule has 2 amide bonds. The van der Waals surface area contributed by atoms with Gasteiger partial charge in [-0.2, -0.15) is 13.2 Å². The van der Waals surface area contributed by atoms with Gasteiger partial charge in [-0.1, -0.05) is 6.07 Å². The van der Waals surface area contributed by atoms with Crippen molar-refractivity contribution in [2.45, 2.75) is 51.9 Å². The number of hydrogen-bond donors (Lipinski definition) is 0. The Labute approximate surface area is 192 Å². The summed E-state index contributed by atoms with van der Waals surface area (Å²) in [6.07, 6.45) is -3.54. The van der Waals surface area contributed by atoms with Crippen LogP contribution in [0.3, 0.4) is 0 Å². The lowest BCUT2D eigenvalue weighted by Gasteiger charge is -2.35. The average molecular weight is 472 g/mol. The first-order valence-electron chi connectivity index (χ1n) is 11.2. The number of halogens is 3. The first-order chi connectivity index (χ1) is 15.4. The predicted octanol–water partition coefficient (Wildman–Crippen LogP) is 3.76. The third-order valence-electron chi connectivity index (χ3n) is 5.60. The van der Waals surface area contributed by atoms with Crippen molar-refractivity contribution in [2.75, 3.05) is 45.9 Å². The number of nitrogens with zero attached hydrogens (tertiary/aromatic N) is 3. The van der Waals surface area contributed by atoms with Gasteiger partial charge >= 0.3 is 12.3 Å². The van der Waals surface area contributed by atoms with Gasteiger partial charge < -0.3 is 19.3 Å². The molecule has 3 rings (SSSR count). The summed E-state index contributed by atoms with van der Waals surface area (Å²) in [5.74, 6) is 0.219. The van der Waals surface area contributed by atoms with E-state index in [2.05, 4.69) is 4.90 Å². The molecule has 2 aliphatic heterocycles. The quantitative estimate of drug-likeness (QED) is 0.632. The Morgan fingerprint density at radius 3 is 2.33 bits per heavy atom. The SMILES string of the molecule is CC(C)(C)OC(=O)N1CCN(Cc2ccc(C(F)(F)F)cc2OCCN2CCCC2=O)CC1. The van der Waals surface area contributed by atoms with Crippen molar-refractivity contribution in [1.82, 2.24) is 14.7 Å². The van der Waals surface area contributed by atoms with Crippen LogP contribution in [0.4, 0.5) is 18.0 Å². The fraction of sp³-hybridized carbons (Fsp3) is 0.652. The minimum atomic E-state index is -4.47. The molecule has 0 saturated carbocycles. The summed E-state index contributed by atoms with van der Waals surface area (Å²) in [5, 5.41) is 0. The summed E-state index contributed by atoms with van der Waals surface area (Å²) < 4.78 is 50.9. The van der Waals surface area contributed by atoms with E-state index < -0.39 is 17.3 Å². The zero-order valence-corrected chi connectivity index (χ0v) is 19.4. The number of rotatable bonds is 6. The highest BCUT2D eigenvalue weighted by Crippen LogP contribution is 2.34. The molecule has 0 aromatic heterocycles. The second kappa shape index (κ2) is 10.2. The number of likely N-dealkylation sites (tertiary alicyclic amines) is 1. The summed E-state index contributed by atoms with van der Waals surface area (Å²) in [6.45, 7) is 9.07. The molecular weight excluding hydrogens is 439 g/mol. The van der Waals surface area contributed by atoms with Crippen LogP contribution in [0.5, 0.6) is 5.75 Å². The Bertz CT molecular complexity index is 846. The second-order valence-corrected chi connectivity index (χ2v) is 9.40. The van der Waals surface area contributed by atoms with Crippen molar-refractivity contribution in [3.05, 3.63) is 29.3 Å². The Kier molecular flexibility index (Phi) is 7.76. The zero-order chi connectivity index (χ0) is 24.2. The average Bonchev–Trinajstić information content (AvgIpc) is 3.12. The molecule has 0 spiro atoms. The lowest BCUT2D eigenvalue weighted by atomic mass is 10.1. The molecule has 2 heterocycles. The maximum Gasteiger partial charge on any atom is 0.416 e. The van der Waals surface area contributed by atoms with Crippen molar-refractivity contribution < 1.29 is 32.2 Å². The van der Waals surface area contributed by atoms with Gasteiger partial charge in [0.25, 0.3) is 0 Å². The van der Waals surface area contributed by atoms with Crippen LogP contribution in [0.1, 0.15) is 44.7 Å². The molecule has 7 nitrogen and oxygen atoms in total. The van der Waals surface area contributed by atoms with E-state index in [0.717, 1.165) is 18.6 Å². The summed E-state index contributed by atoms with van der Waals surface area (Å²) in [4.78, 5) is 29.4. The molecule has 0 atom stereocenters. The van der Waals surface area contributed by atoms with Crippen LogP contribution in [0, 0.1) is 0 Å². The number of ether oxygens (including phenoxy) is 2. The van der Waals surface area contributed by atoms with E-state index in [1.165, 1.54) is 6.07 Å². The minimum Gasteiger partial charge on any atom is -0.491 e. The first-order valence-corrected chi connectivity index (χ1v) is 11.2. The molecule has 0 aliphatic carbocycles. The Morgan fingerprint density at radius 1 is 1.06 bits per heavy atom. The molecule has 10 heteroatoms. The highest BCUT2D eigenvalue weighted by molar-refractivity contribution is 5.78. The fourth-order valence-corrected chi connectivity index (χ4v) is 3.86. The minimum absolute atomic E-state index is 0.0470. The molecular formula is C23H32F3N3O4. The summed E-state index contributed by atoms with van der Waals surface area (Å²) >= 11 is 0. The Hall–Kier alpha value is -2.49. The Balaban J connectivity index is 1.61. The maximum atomic E-state index is 13.2. The Morgan fingerprint density at radius 2 is 1.76 bits per heavy atom. The normalized spacial score (nSPS) is 18.1. The fourth-order valence-electron chi connectivity index (χ4n) is 3.86. The molecule has 1 aromatic rings. The van der Waals surface area contributed by atoms with Gasteiger partial charge in [0, 0.05) is 51.3 Å². The summed E-state index contributed by atoms with van der Waals surface area (Å²) in [7, 11) is 0. The van der Waals surface area contributed by atoms with Gasteiger partial charge in [0.1, 0.15) is 18.0 Å². The van der Waals surface area contributed by atoms with E-state index in [0.29, 0.717) is 57.8 Å². The van der Waals surface area contributed by atoms with Crippen molar-refractivity contribution in [3.63, 3.8) is 0 Å². The molecule has 0 bridgehead atoms. The van der Waals surface area contributed by atoms with E-state index in [1.807, 2.05) is 20.8 Å². The van der Waals surface area contributed by atoms with Gasteiger partial charge in [0.2, 0.25) is 5.91 Å². The number of alkyl halides is 3. The number of carbonyl (C=O) groups excluding carboxylic acids is 2. The number of benzene rings is 1. The van der Waals surface area contributed by atoms with Crippen LogP contribution in [0.25, 0.3) is 0 Å². The molecule has 0 unspecified atom stereocenters. The molecule has 1 aromatic carbocycles. The zero-order valence-electron chi connectivity index (χ0n) is 19.4.